The van der Waals surface area contributed by atoms with Crippen LogP contribution in [0, 0.1) is 19.8 Å². The molecule has 0 amide bonds. The lowest BCUT2D eigenvalue weighted by Crippen LogP contribution is -2.19. The molecular formula is C13H20O. The predicted molar refractivity (Wildman–Crippen MR) is 60.8 cm³/mol. The van der Waals surface area contributed by atoms with E-state index in [0.717, 1.165) is 5.75 Å². The highest BCUT2D eigenvalue weighted by atomic mass is 16.5. The summed E-state index contributed by atoms with van der Waals surface area (Å²) in [6, 6.07) is 6.20. The zero-order valence-corrected chi connectivity index (χ0v) is 9.79. The fraction of sp³-hybridized carbons (Fsp3) is 0.538. The number of ether oxygens (including phenoxy) is 1. The van der Waals surface area contributed by atoms with Crippen LogP contribution in [0.1, 0.15) is 31.9 Å². The van der Waals surface area contributed by atoms with Gasteiger partial charge in [0, 0.05) is 0 Å². The van der Waals surface area contributed by atoms with E-state index in [4.69, 9.17) is 4.74 Å². The standard InChI is InChI=1S/C13H20O/c1-9(2)12(5)14-13-8-6-7-10(3)11(13)4/h6-9,12H,1-5H3. The van der Waals surface area contributed by atoms with E-state index in [0.29, 0.717) is 5.92 Å². The highest BCUT2D eigenvalue weighted by Crippen LogP contribution is 2.23. The molecule has 1 aromatic rings. The van der Waals surface area contributed by atoms with Crippen LogP contribution in [-0.4, -0.2) is 6.10 Å². The minimum absolute atomic E-state index is 0.274. The highest BCUT2D eigenvalue weighted by molar-refractivity contribution is 5.38. The van der Waals surface area contributed by atoms with Crippen LogP contribution in [-0.2, 0) is 0 Å². The second-order valence-electron chi connectivity index (χ2n) is 4.27. The van der Waals surface area contributed by atoms with Gasteiger partial charge >= 0.3 is 0 Å². The van der Waals surface area contributed by atoms with Gasteiger partial charge in [0.25, 0.3) is 0 Å². The van der Waals surface area contributed by atoms with Gasteiger partial charge in [-0.15, -0.1) is 0 Å². The summed E-state index contributed by atoms with van der Waals surface area (Å²) in [5.74, 6) is 1.57. The van der Waals surface area contributed by atoms with Crippen molar-refractivity contribution >= 4 is 0 Å². The van der Waals surface area contributed by atoms with Gasteiger partial charge in [0.1, 0.15) is 5.75 Å². The average molecular weight is 192 g/mol. The lowest BCUT2D eigenvalue weighted by molar-refractivity contribution is 0.169. The van der Waals surface area contributed by atoms with Crippen molar-refractivity contribution in [3.8, 4) is 5.75 Å². The third kappa shape index (κ3) is 2.50. The summed E-state index contributed by atoms with van der Waals surface area (Å²) in [5, 5.41) is 0. The van der Waals surface area contributed by atoms with Gasteiger partial charge in [0.05, 0.1) is 6.10 Å². The third-order valence-electron chi connectivity index (χ3n) is 2.81. The van der Waals surface area contributed by atoms with Crippen LogP contribution in [0.3, 0.4) is 0 Å². The first kappa shape index (κ1) is 11.1. The van der Waals surface area contributed by atoms with Crippen LogP contribution in [0.2, 0.25) is 0 Å². The van der Waals surface area contributed by atoms with Gasteiger partial charge < -0.3 is 4.74 Å². The molecule has 0 radical (unpaired) electrons. The number of aryl methyl sites for hydroxylation is 1. The molecule has 0 N–H and O–H groups in total. The molecule has 78 valence electrons. The van der Waals surface area contributed by atoms with Crippen molar-refractivity contribution in [1.82, 2.24) is 0 Å². The Balaban J connectivity index is 2.82. The van der Waals surface area contributed by atoms with E-state index in [-0.39, 0.29) is 6.10 Å². The zero-order chi connectivity index (χ0) is 10.7. The van der Waals surface area contributed by atoms with Crippen molar-refractivity contribution in [2.24, 2.45) is 5.92 Å². The maximum Gasteiger partial charge on any atom is 0.122 e. The fourth-order valence-corrected chi connectivity index (χ4v) is 1.19. The predicted octanol–water partition coefficient (Wildman–Crippen LogP) is 3.73. The number of rotatable bonds is 3. The first-order valence-electron chi connectivity index (χ1n) is 5.25. The molecule has 1 atom stereocenters. The molecule has 0 fully saturated rings. The maximum atomic E-state index is 5.89. The molecule has 1 nitrogen and oxygen atoms in total. The van der Waals surface area contributed by atoms with E-state index in [1.165, 1.54) is 11.1 Å². The van der Waals surface area contributed by atoms with Crippen LogP contribution in [0.4, 0.5) is 0 Å². The molecule has 1 aromatic carbocycles. The van der Waals surface area contributed by atoms with Crippen molar-refractivity contribution in [3.63, 3.8) is 0 Å². The minimum Gasteiger partial charge on any atom is -0.490 e. The second kappa shape index (κ2) is 4.50. The van der Waals surface area contributed by atoms with Crippen LogP contribution in [0.25, 0.3) is 0 Å². The first-order valence-corrected chi connectivity index (χ1v) is 5.25. The van der Waals surface area contributed by atoms with E-state index < -0.39 is 0 Å². The third-order valence-corrected chi connectivity index (χ3v) is 2.81. The Hall–Kier alpha value is -0.980. The quantitative estimate of drug-likeness (QED) is 0.709. The van der Waals surface area contributed by atoms with Crippen LogP contribution in [0.5, 0.6) is 5.75 Å². The van der Waals surface area contributed by atoms with Crippen molar-refractivity contribution in [1.29, 1.82) is 0 Å². The molecule has 14 heavy (non-hydrogen) atoms. The van der Waals surface area contributed by atoms with Gasteiger partial charge in [-0.3, -0.25) is 0 Å². The molecule has 0 heterocycles. The lowest BCUT2D eigenvalue weighted by atomic mass is 10.1. The summed E-state index contributed by atoms with van der Waals surface area (Å²) in [6.45, 7) is 10.7. The molecule has 0 saturated carbocycles. The molecule has 0 aliphatic heterocycles. The van der Waals surface area contributed by atoms with Gasteiger partial charge in [-0.25, -0.2) is 0 Å². The SMILES string of the molecule is Cc1cccc(OC(C)C(C)C)c1C. The molecule has 0 spiro atoms. The van der Waals surface area contributed by atoms with Gasteiger partial charge in [0.2, 0.25) is 0 Å². The summed E-state index contributed by atoms with van der Waals surface area (Å²) >= 11 is 0. The molecule has 1 heteroatoms. The van der Waals surface area contributed by atoms with Gasteiger partial charge in [-0.2, -0.15) is 0 Å². The topological polar surface area (TPSA) is 9.23 Å². The summed E-state index contributed by atoms with van der Waals surface area (Å²) in [7, 11) is 0. The second-order valence-corrected chi connectivity index (χ2v) is 4.27. The van der Waals surface area contributed by atoms with Gasteiger partial charge in [-0.05, 0) is 43.9 Å². The van der Waals surface area contributed by atoms with Crippen molar-refractivity contribution < 1.29 is 4.74 Å². The Morgan fingerprint density at radius 3 is 2.29 bits per heavy atom. The highest BCUT2D eigenvalue weighted by Gasteiger charge is 2.10. The van der Waals surface area contributed by atoms with Crippen molar-refractivity contribution in [2.45, 2.75) is 40.7 Å². The normalized spacial score (nSPS) is 13.0. The average Bonchev–Trinajstić information content (AvgIpc) is 2.12. The van der Waals surface area contributed by atoms with Crippen LogP contribution in [0.15, 0.2) is 18.2 Å². The molecule has 1 rings (SSSR count). The van der Waals surface area contributed by atoms with E-state index in [1.54, 1.807) is 0 Å². The Morgan fingerprint density at radius 1 is 1.07 bits per heavy atom. The molecule has 0 saturated heterocycles. The first-order chi connectivity index (χ1) is 6.52. The van der Waals surface area contributed by atoms with E-state index in [9.17, 15) is 0 Å². The number of hydrogen-bond acceptors (Lipinski definition) is 1. The largest absolute Gasteiger partial charge is 0.490 e. The minimum atomic E-state index is 0.274. The van der Waals surface area contributed by atoms with Crippen molar-refractivity contribution in [2.75, 3.05) is 0 Å². The Bertz CT molecular complexity index is 302. The van der Waals surface area contributed by atoms with Gasteiger partial charge in [-0.1, -0.05) is 26.0 Å². The molecule has 0 aliphatic carbocycles. The van der Waals surface area contributed by atoms with Crippen molar-refractivity contribution in [3.05, 3.63) is 29.3 Å². The fourth-order valence-electron chi connectivity index (χ4n) is 1.19. The van der Waals surface area contributed by atoms with Crippen LogP contribution < -0.4 is 4.74 Å². The summed E-state index contributed by atoms with van der Waals surface area (Å²) in [6.07, 6.45) is 0.274. The number of hydrogen-bond donors (Lipinski definition) is 0. The molecule has 0 aliphatic rings. The summed E-state index contributed by atoms with van der Waals surface area (Å²) in [4.78, 5) is 0. The maximum absolute atomic E-state index is 5.89. The van der Waals surface area contributed by atoms with E-state index in [1.807, 2.05) is 12.1 Å². The van der Waals surface area contributed by atoms with E-state index >= 15 is 0 Å². The molecule has 0 bridgehead atoms. The zero-order valence-electron chi connectivity index (χ0n) is 9.79. The smallest absolute Gasteiger partial charge is 0.122 e. The van der Waals surface area contributed by atoms with E-state index in [2.05, 4.69) is 40.7 Å². The molecular weight excluding hydrogens is 172 g/mol. The molecule has 0 aromatic heterocycles. The Morgan fingerprint density at radius 2 is 1.71 bits per heavy atom. The summed E-state index contributed by atoms with van der Waals surface area (Å²) < 4.78 is 5.89. The number of benzene rings is 1. The summed E-state index contributed by atoms with van der Waals surface area (Å²) in [5.41, 5.74) is 2.54. The Labute approximate surface area is 87.1 Å². The van der Waals surface area contributed by atoms with Gasteiger partial charge in [0.15, 0.2) is 0 Å². The van der Waals surface area contributed by atoms with Crippen LogP contribution >= 0.6 is 0 Å². The molecule has 1 unspecified atom stereocenters. The Kier molecular flexibility index (Phi) is 3.56. The lowest BCUT2D eigenvalue weighted by Gasteiger charge is -2.20. The monoisotopic (exact) mass is 192 g/mol.